The third kappa shape index (κ3) is 2.58. The lowest BCUT2D eigenvalue weighted by Gasteiger charge is -1.95. The van der Waals surface area contributed by atoms with Crippen LogP contribution in [0.1, 0.15) is 11.3 Å². The maximum absolute atomic E-state index is 9.94. The van der Waals surface area contributed by atoms with E-state index >= 15 is 0 Å². The van der Waals surface area contributed by atoms with Gasteiger partial charge in [0.05, 0.1) is 17.8 Å². The van der Waals surface area contributed by atoms with Crippen LogP contribution in [0.4, 0.5) is 0 Å². The average molecular weight is 330 g/mol. The van der Waals surface area contributed by atoms with Crippen LogP contribution in [0, 0.1) is 0 Å². The van der Waals surface area contributed by atoms with Crippen molar-refractivity contribution in [3.8, 4) is 5.88 Å². The minimum atomic E-state index is 0.128. The summed E-state index contributed by atoms with van der Waals surface area (Å²) in [6, 6.07) is 11.5. The van der Waals surface area contributed by atoms with Crippen molar-refractivity contribution in [1.82, 2.24) is 9.97 Å². The fourth-order valence-electron chi connectivity index (χ4n) is 2.02. The molecule has 0 atom stereocenters. The molecule has 0 saturated carbocycles. The lowest BCUT2D eigenvalue weighted by Crippen LogP contribution is -1.87. The molecule has 0 aliphatic carbocycles. The Labute approximate surface area is 124 Å². The third-order valence-corrected chi connectivity index (χ3v) is 3.47. The summed E-state index contributed by atoms with van der Waals surface area (Å²) in [7, 11) is 0. The summed E-state index contributed by atoms with van der Waals surface area (Å²) in [6.07, 6.45) is 3.42. The maximum atomic E-state index is 9.94. The molecule has 0 bridgehead atoms. The molecule has 0 amide bonds. The first-order valence-electron chi connectivity index (χ1n) is 6.14. The number of benzene rings is 1. The highest BCUT2D eigenvalue weighted by Crippen LogP contribution is 2.28. The number of aromatic amines is 1. The number of aromatic hydroxyl groups is 1. The van der Waals surface area contributed by atoms with E-state index in [-0.39, 0.29) is 5.88 Å². The predicted molar refractivity (Wildman–Crippen MR) is 83.2 cm³/mol. The number of pyridine rings is 1. The number of hydrogen-bond donors (Lipinski definition) is 2. The monoisotopic (exact) mass is 329 g/mol. The molecule has 3 aromatic rings. The number of halogens is 1. The molecule has 5 heteroatoms. The minimum Gasteiger partial charge on any atom is -0.494 e. The number of nitrogens with one attached hydrogen (secondary N) is 1. The van der Waals surface area contributed by atoms with E-state index < -0.39 is 0 Å². The first-order chi connectivity index (χ1) is 9.74. The Balaban J connectivity index is 1.90. The zero-order valence-electron chi connectivity index (χ0n) is 10.5. The third-order valence-electron chi connectivity index (χ3n) is 2.98. The second-order valence-corrected chi connectivity index (χ2v) is 5.28. The summed E-state index contributed by atoms with van der Waals surface area (Å²) in [4.78, 5) is 11.5. The summed E-state index contributed by atoms with van der Waals surface area (Å²) >= 11 is 3.43. The number of rotatable bonds is 3. The zero-order chi connectivity index (χ0) is 13.9. The van der Waals surface area contributed by atoms with Gasteiger partial charge in [-0.25, -0.2) is 0 Å². The van der Waals surface area contributed by atoms with Gasteiger partial charge in [0, 0.05) is 27.8 Å². The van der Waals surface area contributed by atoms with Gasteiger partial charge in [0.15, 0.2) is 5.88 Å². The number of hydrogen-bond acceptors (Lipinski definition) is 3. The number of H-pyrrole nitrogens is 1. The van der Waals surface area contributed by atoms with Crippen molar-refractivity contribution in [3.05, 3.63) is 58.3 Å². The van der Waals surface area contributed by atoms with E-state index in [0.717, 1.165) is 21.1 Å². The van der Waals surface area contributed by atoms with Gasteiger partial charge in [-0.1, -0.05) is 22.0 Å². The Kier molecular flexibility index (Phi) is 3.52. The smallest absolute Gasteiger partial charge is 0.198 e. The molecule has 0 fully saturated rings. The summed E-state index contributed by atoms with van der Waals surface area (Å²) in [5, 5.41) is 10.9. The van der Waals surface area contributed by atoms with Crippen molar-refractivity contribution in [2.75, 3.05) is 0 Å². The molecular weight excluding hydrogens is 318 g/mol. The highest BCUT2D eigenvalue weighted by atomic mass is 79.9. The summed E-state index contributed by atoms with van der Waals surface area (Å²) in [5.74, 6) is 0.128. The second kappa shape index (κ2) is 5.46. The first kappa shape index (κ1) is 12.9. The fourth-order valence-corrected chi connectivity index (χ4v) is 2.38. The van der Waals surface area contributed by atoms with E-state index in [4.69, 9.17) is 0 Å². The van der Waals surface area contributed by atoms with Crippen LogP contribution in [0.25, 0.3) is 10.9 Å². The number of fused-ring (bicyclic) bond motifs is 1. The SMILES string of the molecule is Oc1[nH]c2ccc(Br)cc2c1C=NCc1ccccn1. The van der Waals surface area contributed by atoms with Crippen LogP contribution in [0.2, 0.25) is 0 Å². The van der Waals surface area contributed by atoms with Crippen molar-refractivity contribution in [3.63, 3.8) is 0 Å². The summed E-state index contributed by atoms with van der Waals surface area (Å²) in [6.45, 7) is 0.487. The molecule has 0 unspecified atom stereocenters. The van der Waals surface area contributed by atoms with E-state index in [2.05, 4.69) is 30.9 Å². The fraction of sp³-hybridized carbons (Fsp3) is 0.0667. The van der Waals surface area contributed by atoms with Gasteiger partial charge in [0.25, 0.3) is 0 Å². The van der Waals surface area contributed by atoms with Crippen LogP contribution in [-0.4, -0.2) is 21.3 Å². The van der Waals surface area contributed by atoms with Gasteiger partial charge in [-0.2, -0.15) is 0 Å². The number of nitrogens with zero attached hydrogens (tertiary/aromatic N) is 2. The van der Waals surface area contributed by atoms with Gasteiger partial charge in [-0.05, 0) is 30.3 Å². The van der Waals surface area contributed by atoms with Gasteiger partial charge < -0.3 is 10.1 Å². The van der Waals surface area contributed by atoms with Crippen molar-refractivity contribution in [1.29, 1.82) is 0 Å². The van der Waals surface area contributed by atoms with E-state index in [9.17, 15) is 5.11 Å². The van der Waals surface area contributed by atoms with E-state index in [1.165, 1.54) is 0 Å². The molecule has 2 heterocycles. The average Bonchev–Trinajstić information content (AvgIpc) is 2.76. The van der Waals surface area contributed by atoms with Gasteiger partial charge in [0.1, 0.15) is 0 Å². The van der Waals surface area contributed by atoms with Crippen molar-refractivity contribution >= 4 is 33.0 Å². The lowest BCUT2D eigenvalue weighted by molar-refractivity contribution is 0.457. The molecule has 2 aromatic heterocycles. The topological polar surface area (TPSA) is 61.3 Å². The molecule has 4 nitrogen and oxygen atoms in total. The molecule has 0 aliphatic heterocycles. The molecule has 0 spiro atoms. The molecule has 1 aromatic carbocycles. The molecule has 20 heavy (non-hydrogen) atoms. The molecule has 0 radical (unpaired) electrons. The molecule has 0 aliphatic rings. The highest BCUT2D eigenvalue weighted by Gasteiger charge is 2.08. The minimum absolute atomic E-state index is 0.128. The Bertz CT molecular complexity index is 765. The van der Waals surface area contributed by atoms with Crippen LogP contribution >= 0.6 is 15.9 Å². The zero-order valence-corrected chi connectivity index (χ0v) is 12.1. The molecule has 3 rings (SSSR count). The summed E-state index contributed by atoms with van der Waals surface area (Å²) < 4.78 is 0.961. The van der Waals surface area contributed by atoms with E-state index in [0.29, 0.717) is 12.1 Å². The number of aromatic nitrogens is 2. The lowest BCUT2D eigenvalue weighted by atomic mass is 10.2. The maximum Gasteiger partial charge on any atom is 0.198 e. The molecule has 100 valence electrons. The largest absolute Gasteiger partial charge is 0.494 e. The van der Waals surface area contributed by atoms with Crippen LogP contribution in [-0.2, 0) is 6.54 Å². The van der Waals surface area contributed by atoms with Crippen molar-refractivity contribution < 1.29 is 5.11 Å². The molecule has 2 N–H and O–H groups in total. The van der Waals surface area contributed by atoms with Gasteiger partial charge in [-0.15, -0.1) is 0 Å². The Morgan fingerprint density at radius 1 is 1.30 bits per heavy atom. The Morgan fingerprint density at radius 3 is 3.00 bits per heavy atom. The van der Waals surface area contributed by atoms with Crippen molar-refractivity contribution in [2.24, 2.45) is 4.99 Å². The standard InChI is InChI=1S/C15H12BrN3O/c16-10-4-5-14-12(7-10)13(15(20)19-14)9-17-8-11-3-1-2-6-18-11/h1-7,9,19-20H,8H2. The van der Waals surface area contributed by atoms with Gasteiger partial charge in [-0.3, -0.25) is 9.98 Å². The number of aliphatic imine (C=N–C) groups is 1. The summed E-state index contributed by atoms with van der Waals surface area (Å²) in [5.41, 5.74) is 2.46. The van der Waals surface area contributed by atoms with E-state index in [1.54, 1.807) is 12.4 Å². The molecular formula is C15H12BrN3O. The molecule has 0 saturated heterocycles. The van der Waals surface area contributed by atoms with Crippen LogP contribution in [0.3, 0.4) is 0 Å². The Hall–Kier alpha value is -2.14. The Morgan fingerprint density at radius 2 is 2.20 bits per heavy atom. The normalized spacial score (nSPS) is 11.4. The second-order valence-electron chi connectivity index (χ2n) is 4.37. The van der Waals surface area contributed by atoms with Crippen molar-refractivity contribution in [2.45, 2.75) is 6.54 Å². The quantitative estimate of drug-likeness (QED) is 0.720. The van der Waals surface area contributed by atoms with E-state index in [1.807, 2.05) is 36.4 Å². The first-order valence-corrected chi connectivity index (χ1v) is 6.93. The van der Waals surface area contributed by atoms with Crippen LogP contribution < -0.4 is 0 Å². The van der Waals surface area contributed by atoms with Gasteiger partial charge >= 0.3 is 0 Å². The van der Waals surface area contributed by atoms with Crippen LogP contribution in [0.5, 0.6) is 5.88 Å². The predicted octanol–water partition coefficient (Wildman–Crippen LogP) is 3.65. The van der Waals surface area contributed by atoms with Gasteiger partial charge in [0.2, 0.25) is 0 Å². The van der Waals surface area contributed by atoms with Crippen LogP contribution in [0.15, 0.2) is 52.1 Å². The highest BCUT2D eigenvalue weighted by molar-refractivity contribution is 9.10.